The number of hydrogen-bond acceptors (Lipinski definition) is 9. The highest BCUT2D eigenvalue weighted by Gasteiger charge is 2.50. The molecule has 0 amide bonds. The van der Waals surface area contributed by atoms with Gasteiger partial charge in [0.1, 0.15) is 6.29 Å². The molecule has 0 spiro atoms. The maximum Gasteiger partial charge on any atom is 0.305 e. The molecular formula is C41H74O9Si2. The monoisotopic (exact) mass is 766 g/mol. The van der Waals surface area contributed by atoms with Crippen LogP contribution in [-0.4, -0.2) is 98.5 Å². The molecule has 11 heteroatoms. The van der Waals surface area contributed by atoms with Crippen molar-refractivity contribution in [1.82, 2.24) is 0 Å². The van der Waals surface area contributed by atoms with Crippen molar-refractivity contribution < 1.29 is 42.1 Å². The highest BCUT2D eigenvalue weighted by Crippen LogP contribution is 2.44. The number of carbonyl (C=O) groups excluding carboxylic acids is 2. The SMILES string of the molecule is C=C1CC(CCC=O)O[C@H]1CC[C@H]1C[C@@H](C)C(=C)[C@@H](C[C@@H]2OC(C[C@@H](CO[Si](C)(C)C(C)(C)C)O[Si](C)(C)C(C)(C)C)[C@H](OC)C2CC(=O)OC)O1. The fourth-order valence-corrected chi connectivity index (χ4v) is 9.74. The third-order valence-electron chi connectivity index (χ3n) is 12.8. The molecule has 0 N–H and O–H groups in total. The van der Waals surface area contributed by atoms with Crippen LogP contribution in [0.5, 0.6) is 0 Å². The summed E-state index contributed by atoms with van der Waals surface area (Å²) >= 11 is 0. The van der Waals surface area contributed by atoms with E-state index in [1.54, 1.807) is 7.11 Å². The lowest BCUT2D eigenvalue weighted by atomic mass is 9.82. The first-order chi connectivity index (χ1) is 24.0. The molecule has 3 fully saturated rings. The summed E-state index contributed by atoms with van der Waals surface area (Å²) in [6, 6.07) is 0. The van der Waals surface area contributed by atoms with Crippen LogP contribution in [0.25, 0.3) is 0 Å². The van der Waals surface area contributed by atoms with E-state index >= 15 is 0 Å². The maximum absolute atomic E-state index is 12.8. The summed E-state index contributed by atoms with van der Waals surface area (Å²) in [6.45, 7) is 34.1. The largest absolute Gasteiger partial charge is 0.469 e. The lowest BCUT2D eigenvalue weighted by Crippen LogP contribution is -2.49. The molecule has 3 saturated heterocycles. The molecule has 3 rings (SSSR count). The Kier molecular flexibility index (Phi) is 16.2. The number of esters is 1. The Morgan fingerprint density at radius 3 is 2.12 bits per heavy atom. The molecule has 0 aromatic rings. The van der Waals surface area contributed by atoms with Crippen molar-refractivity contribution in [3.63, 3.8) is 0 Å². The van der Waals surface area contributed by atoms with Gasteiger partial charge in [0, 0.05) is 32.3 Å². The summed E-state index contributed by atoms with van der Waals surface area (Å²) in [5.41, 5.74) is 2.17. The van der Waals surface area contributed by atoms with Gasteiger partial charge < -0.3 is 37.3 Å². The van der Waals surface area contributed by atoms with E-state index in [1.807, 2.05) is 0 Å². The first-order valence-electron chi connectivity index (χ1n) is 19.7. The number of hydrogen-bond donors (Lipinski definition) is 0. The van der Waals surface area contributed by atoms with Crippen molar-refractivity contribution in [3.8, 4) is 0 Å². The second-order valence-corrected chi connectivity index (χ2v) is 28.4. The summed E-state index contributed by atoms with van der Waals surface area (Å²) in [5, 5.41) is 0.0929. The number of ether oxygens (including phenoxy) is 5. The van der Waals surface area contributed by atoms with Gasteiger partial charge in [-0.2, -0.15) is 0 Å². The zero-order valence-electron chi connectivity index (χ0n) is 35.0. The first-order valence-corrected chi connectivity index (χ1v) is 25.5. The van der Waals surface area contributed by atoms with Crippen LogP contribution >= 0.6 is 0 Å². The predicted octanol–water partition coefficient (Wildman–Crippen LogP) is 8.96. The van der Waals surface area contributed by atoms with Crippen LogP contribution in [0, 0.1) is 11.8 Å². The average molecular weight is 767 g/mol. The van der Waals surface area contributed by atoms with E-state index in [2.05, 4.69) is 87.8 Å². The van der Waals surface area contributed by atoms with Gasteiger partial charge in [-0.25, -0.2) is 0 Å². The zero-order chi connectivity index (χ0) is 39.2. The molecule has 0 bridgehead atoms. The molecule has 3 heterocycles. The van der Waals surface area contributed by atoms with Gasteiger partial charge in [0.25, 0.3) is 0 Å². The minimum atomic E-state index is -2.17. The average Bonchev–Trinajstić information content (AvgIpc) is 3.56. The molecule has 3 unspecified atom stereocenters. The van der Waals surface area contributed by atoms with Crippen molar-refractivity contribution in [1.29, 1.82) is 0 Å². The Hall–Kier alpha value is -1.19. The number of carbonyl (C=O) groups is 2. The molecule has 3 aliphatic heterocycles. The maximum atomic E-state index is 12.8. The lowest BCUT2D eigenvalue weighted by molar-refractivity contribution is -0.143. The van der Waals surface area contributed by atoms with Crippen LogP contribution in [0.15, 0.2) is 24.3 Å². The van der Waals surface area contributed by atoms with Crippen LogP contribution in [0.4, 0.5) is 0 Å². The molecular weight excluding hydrogens is 693 g/mol. The third-order valence-corrected chi connectivity index (χ3v) is 21.9. The normalized spacial score (nSPS) is 31.2. The fraction of sp³-hybridized carbons (Fsp3) is 0.854. The number of aldehydes is 1. The Morgan fingerprint density at radius 2 is 1.54 bits per heavy atom. The summed E-state index contributed by atoms with van der Waals surface area (Å²) in [5.74, 6) is -0.224. The highest BCUT2D eigenvalue weighted by molar-refractivity contribution is 6.74. The van der Waals surface area contributed by atoms with Crippen molar-refractivity contribution in [2.75, 3.05) is 20.8 Å². The molecule has 0 radical (unpaired) electrons. The zero-order valence-corrected chi connectivity index (χ0v) is 37.0. The molecule has 9 nitrogen and oxygen atoms in total. The van der Waals surface area contributed by atoms with Crippen LogP contribution in [0.3, 0.4) is 0 Å². The summed E-state index contributed by atoms with van der Waals surface area (Å²) in [7, 11) is -1.08. The molecule has 3 aliphatic rings. The summed E-state index contributed by atoms with van der Waals surface area (Å²) in [6.07, 6.45) is 5.72. The molecule has 10 atom stereocenters. The van der Waals surface area contributed by atoms with Gasteiger partial charge in [-0.3, -0.25) is 4.79 Å². The molecule has 300 valence electrons. The Bertz CT molecular complexity index is 1210. The van der Waals surface area contributed by atoms with E-state index < -0.39 is 16.6 Å². The lowest BCUT2D eigenvalue weighted by Gasteiger charge is -2.42. The van der Waals surface area contributed by atoms with E-state index in [0.29, 0.717) is 25.9 Å². The van der Waals surface area contributed by atoms with Crippen LogP contribution in [0.1, 0.15) is 106 Å². The van der Waals surface area contributed by atoms with Crippen molar-refractivity contribution in [3.05, 3.63) is 24.3 Å². The summed E-state index contributed by atoms with van der Waals surface area (Å²) < 4.78 is 45.2. The van der Waals surface area contributed by atoms with E-state index in [1.165, 1.54) is 7.11 Å². The Balaban J connectivity index is 1.80. The van der Waals surface area contributed by atoms with Crippen molar-refractivity contribution >= 4 is 28.9 Å². The topological polar surface area (TPSA) is 98.8 Å². The standard InChI is InChI=1S/C41H74O9Si2/c1-27-21-31(18-19-34-28(2)22-30(47-34)17-16-20-42)48-35(29(27)3)25-36-33(24-38(43)44-10)39(45-11)37(49-36)23-32(50-52(14,15)41(7,8)9)26-46-51(12,13)40(4,5)6/h20,27,30-37,39H,2-3,16-19,21-26H2,1,4-15H3/t27-,30?,31+,32+,33?,34+,35-,36+,37?,39-/m1/s1. The van der Waals surface area contributed by atoms with Gasteiger partial charge in [-0.1, -0.05) is 61.6 Å². The third kappa shape index (κ3) is 11.9. The van der Waals surface area contributed by atoms with Gasteiger partial charge in [-0.15, -0.1) is 0 Å². The van der Waals surface area contributed by atoms with E-state index in [-0.39, 0.29) is 83.1 Å². The fourth-order valence-electron chi connectivity index (χ4n) is 7.36. The second-order valence-electron chi connectivity index (χ2n) is 18.8. The predicted molar refractivity (Wildman–Crippen MR) is 213 cm³/mol. The quantitative estimate of drug-likeness (QED) is 0.0586. The minimum Gasteiger partial charge on any atom is -0.469 e. The Labute approximate surface area is 318 Å². The van der Waals surface area contributed by atoms with E-state index in [9.17, 15) is 9.59 Å². The number of rotatable bonds is 18. The van der Waals surface area contributed by atoms with Crippen LogP contribution in [-0.2, 0) is 42.1 Å². The van der Waals surface area contributed by atoms with Crippen LogP contribution in [0.2, 0.25) is 36.3 Å². The highest BCUT2D eigenvalue weighted by atomic mass is 28.4. The molecule has 0 saturated carbocycles. The van der Waals surface area contributed by atoms with Gasteiger partial charge in [0.2, 0.25) is 0 Å². The van der Waals surface area contributed by atoms with Gasteiger partial charge in [0.05, 0.1) is 69.0 Å². The summed E-state index contributed by atoms with van der Waals surface area (Å²) in [4.78, 5) is 23.7. The second kappa shape index (κ2) is 18.6. The van der Waals surface area contributed by atoms with E-state index in [0.717, 1.165) is 49.5 Å². The van der Waals surface area contributed by atoms with Crippen LogP contribution < -0.4 is 0 Å². The smallest absolute Gasteiger partial charge is 0.305 e. The molecule has 0 aliphatic carbocycles. The van der Waals surface area contributed by atoms with E-state index in [4.69, 9.17) is 32.5 Å². The molecule has 0 aromatic heterocycles. The number of methoxy groups -OCH3 is 2. The first kappa shape index (κ1) is 45.2. The van der Waals surface area contributed by atoms with Crippen molar-refractivity contribution in [2.45, 2.75) is 191 Å². The van der Waals surface area contributed by atoms with Gasteiger partial charge in [0.15, 0.2) is 16.6 Å². The minimum absolute atomic E-state index is 0.00735. The van der Waals surface area contributed by atoms with Gasteiger partial charge >= 0.3 is 5.97 Å². The molecule has 0 aromatic carbocycles. The Morgan fingerprint density at radius 1 is 0.904 bits per heavy atom. The molecule has 52 heavy (non-hydrogen) atoms. The van der Waals surface area contributed by atoms with Gasteiger partial charge in [-0.05, 0) is 85.4 Å². The van der Waals surface area contributed by atoms with Crippen molar-refractivity contribution in [2.24, 2.45) is 11.8 Å².